The molecule has 0 radical (unpaired) electrons. The highest BCUT2D eigenvalue weighted by Gasteiger charge is 2.30. The Morgan fingerprint density at radius 3 is 2.22 bits per heavy atom. The van der Waals surface area contributed by atoms with E-state index in [2.05, 4.69) is 15.4 Å². The van der Waals surface area contributed by atoms with Crippen LogP contribution in [0.15, 0.2) is 108 Å². The molecule has 0 saturated heterocycles. The van der Waals surface area contributed by atoms with E-state index in [0.717, 1.165) is 17.7 Å². The first kappa shape index (κ1) is 33.7. The Morgan fingerprint density at radius 2 is 1.51 bits per heavy atom. The molecule has 4 aromatic rings. The number of halogens is 3. The van der Waals surface area contributed by atoms with Crippen LogP contribution in [0.4, 0.5) is 13.2 Å². The van der Waals surface area contributed by atoms with Crippen LogP contribution < -0.4 is 20.1 Å². The minimum absolute atomic E-state index is 0.00873. The summed E-state index contributed by atoms with van der Waals surface area (Å²) < 4.78 is 73.0. The fraction of sp³-hybridized carbons (Fsp3) is 0.242. The van der Waals surface area contributed by atoms with Gasteiger partial charge in [0.25, 0.3) is 5.91 Å². The molecule has 0 spiro atoms. The van der Waals surface area contributed by atoms with Crippen LogP contribution >= 0.6 is 0 Å². The van der Waals surface area contributed by atoms with E-state index in [0.29, 0.717) is 16.9 Å². The summed E-state index contributed by atoms with van der Waals surface area (Å²) in [4.78, 5) is 13.2. The van der Waals surface area contributed by atoms with Crippen molar-refractivity contribution in [3.63, 3.8) is 0 Å². The Hall–Kier alpha value is -4.23. The van der Waals surface area contributed by atoms with Gasteiger partial charge in [-0.2, -0.15) is 13.2 Å². The van der Waals surface area contributed by atoms with Crippen molar-refractivity contribution in [2.24, 2.45) is 0 Å². The lowest BCUT2D eigenvalue weighted by atomic mass is 10.0. The Morgan fingerprint density at radius 1 is 0.844 bits per heavy atom. The first-order valence-corrected chi connectivity index (χ1v) is 15.6. The maximum atomic E-state index is 13.3. The van der Waals surface area contributed by atoms with Crippen molar-refractivity contribution in [3.05, 3.63) is 131 Å². The number of ether oxygens (including phenoxy) is 1. The van der Waals surface area contributed by atoms with Gasteiger partial charge in [0, 0.05) is 25.2 Å². The van der Waals surface area contributed by atoms with Gasteiger partial charge in [-0.25, -0.2) is 13.1 Å². The number of rotatable bonds is 14. The monoisotopic (exact) mass is 641 g/mol. The molecular formula is C33H34F3N3O5S. The van der Waals surface area contributed by atoms with Gasteiger partial charge in [-0.1, -0.05) is 66.7 Å². The molecule has 0 saturated carbocycles. The topological polar surface area (TPSA) is 117 Å². The highest BCUT2D eigenvalue weighted by Crippen LogP contribution is 2.29. The standard InChI is InChI=1S/C33H34F3N3O5S/c1-44-28-14-6-11-25(17-28)21-38-45(42,43)29-15-7-12-26(19-29)32(41)39-30(18-23-8-3-2-4-9-23)31(40)22-37-20-24-10-5-13-27(16-24)33(34,35)36/h2-17,19,30-31,37-38,40H,18,20-22H2,1H3,(H,39,41)/t30-,31+/m0/s1. The summed E-state index contributed by atoms with van der Waals surface area (Å²) in [6.07, 6.45) is -5.35. The molecule has 0 heterocycles. The number of hydrogen-bond acceptors (Lipinski definition) is 6. The second kappa shape index (κ2) is 15.2. The minimum atomic E-state index is -4.47. The van der Waals surface area contributed by atoms with E-state index in [9.17, 15) is 31.5 Å². The largest absolute Gasteiger partial charge is 0.497 e. The van der Waals surface area contributed by atoms with Gasteiger partial charge in [0.1, 0.15) is 5.75 Å². The van der Waals surface area contributed by atoms with Crippen LogP contribution in [-0.4, -0.2) is 45.2 Å². The number of alkyl halides is 3. The summed E-state index contributed by atoms with van der Waals surface area (Å²) >= 11 is 0. The van der Waals surface area contributed by atoms with Crippen molar-refractivity contribution >= 4 is 15.9 Å². The molecule has 12 heteroatoms. The van der Waals surface area contributed by atoms with Gasteiger partial charge >= 0.3 is 6.18 Å². The number of methoxy groups -OCH3 is 1. The maximum Gasteiger partial charge on any atom is 0.416 e. The van der Waals surface area contributed by atoms with E-state index in [4.69, 9.17) is 4.74 Å². The third-order valence-electron chi connectivity index (χ3n) is 7.02. The molecule has 0 aromatic heterocycles. The van der Waals surface area contributed by atoms with Gasteiger partial charge in [-0.05, 0) is 59.5 Å². The molecule has 0 aliphatic carbocycles. The molecule has 4 aromatic carbocycles. The lowest BCUT2D eigenvalue weighted by Crippen LogP contribution is -2.48. The number of carbonyl (C=O) groups excluding carboxylic acids is 1. The Labute approximate surface area is 260 Å². The average molecular weight is 642 g/mol. The van der Waals surface area contributed by atoms with Crippen molar-refractivity contribution < 1.29 is 36.2 Å². The number of amides is 1. The summed E-state index contributed by atoms with van der Waals surface area (Å²) in [5.74, 6) is -0.0128. The summed E-state index contributed by atoms with van der Waals surface area (Å²) in [5, 5.41) is 16.8. The van der Waals surface area contributed by atoms with E-state index in [1.54, 1.807) is 30.3 Å². The molecule has 1 amide bonds. The van der Waals surface area contributed by atoms with Crippen molar-refractivity contribution in [3.8, 4) is 5.75 Å². The van der Waals surface area contributed by atoms with Gasteiger partial charge in [-0.15, -0.1) is 0 Å². The van der Waals surface area contributed by atoms with Gasteiger partial charge in [0.2, 0.25) is 10.0 Å². The molecule has 4 N–H and O–H groups in total. The zero-order chi connectivity index (χ0) is 32.5. The van der Waals surface area contributed by atoms with Crippen LogP contribution in [0.25, 0.3) is 0 Å². The molecule has 0 unspecified atom stereocenters. The fourth-order valence-corrected chi connectivity index (χ4v) is 5.68. The van der Waals surface area contributed by atoms with Gasteiger partial charge in [0.05, 0.1) is 29.7 Å². The van der Waals surface area contributed by atoms with Crippen LogP contribution in [0.1, 0.15) is 32.6 Å². The number of sulfonamides is 1. The van der Waals surface area contributed by atoms with Crippen molar-refractivity contribution in [2.75, 3.05) is 13.7 Å². The molecule has 238 valence electrons. The first-order valence-electron chi connectivity index (χ1n) is 14.1. The number of carbonyl (C=O) groups is 1. The van der Waals surface area contributed by atoms with Crippen molar-refractivity contribution in [2.45, 2.75) is 42.7 Å². The molecule has 45 heavy (non-hydrogen) atoms. The number of benzene rings is 4. The predicted molar refractivity (Wildman–Crippen MR) is 164 cm³/mol. The van der Waals surface area contributed by atoms with Crippen LogP contribution in [0.2, 0.25) is 0 Å². The van der Waals surface area contributed by atoms with Gasteiger partial charge < -0.3 is 20.5 Å². The summed E-state index contributed by atoms with van der Waals surface area (Å²) in [6, 6.07) is 25.7. The van der Waals surface area contributed by atoms with E-state index in [-0.39, 0.29) is 36.5 Å². The number of aliphatic hydroxyl groups excluding tert-OH is 1. The Kier molecular flexibility index (Phi) is 11.3. The lowest BCUT2D eigenvalue weighted by molar-refractivity contribution is -0.137. The average Bonchev–Trinajstić information content (AvgIpc) is 3.04. The maximum absolute atomic E-state index is 13.3. The van der Waals surface area contributed by atoms with Gasteiger partial charge in [0.15, 0.2) is 0 Å². The van der Waals surface area contributed by atoms with Gasteiger partial charge in [-0.3, -0.25) is 4.79 Å². The third kappa shape index (κ3) is 9.88. The van der Waals surface area contributed by atoms with E-state index in [1.807, 2.05) is 30.3 Å². The quantitative estimate of drug-likeness (QED) is 0.159. The minimum Gasteiger partial charge on any atom is -0.497 e. The molecule has 0 aliphatic heterocycles. The molecule has 0 bridgehead atoms. The summed E-state index contributed by atoms with van der Waals surface area (Å²) in [5.41, 5.74) is 1.21. The highest BCUT2D eigenvalue weighted by molar-refractivity contribution is 7.89. The second-order valence-electron chi connectivity index (χ2n) is 10.4. The van der Waals surface area contributed by atoms with E-state index >= 15 is 0 Å². The summed E-state index contributed by atoms with van der Waals surface area (Å²) in [7, 11) is -2.46. The fourth-order valence-electron chi connectivity index (χ4n) is 4.62. The SMILES string of the molecule is COc1cccc(CNS(=O)(=O)c2cccc(C(=O)N[C@@H](Cc3ccccc3)[C@H](O)CNCc3cccc(C(F)(F)F)c3)c2)c1. The smallest absolute Gasteiger partial charge is 0.416 e. The molecule has 8 nitrogen and oxygen atoms in total. The second-order valence-corrected chi connectivity index (χ2v) is 12.1. The normalized spacial score (nSPS) is 13.2. The van der Waals surface area contributed by atoms with E-state index in [1.165, 1.54) is 37.4 Å². The summed E-state index contributed by atoms with van der Waals surface area (Å²) in [6.45, 7) is 0.0427. The van der Waals surface area contributed by atoms with Crippen molar-refractivity contribution in [1.82, 2.24) is 15.4 Å². The predicted octanol–water partition coefficient (Wildman–Crippen LogP) is 4.68. The molecule has 4 rings (SSSR count). The highest BCUT2D eigenvalue weighted by atomic mass is 32.2. The van der Waals surface area contributed by atoms with Crippen molar-refractivity contribution in [1.29, 1.82) is 0 Å². The van der Waals surface area contributed by atoms with Crippen LogP contribution in [-0.2, 0) is 35.7 Å². The van der Waals surface area contributed by atoms with Crippen LogP contribution in [0.3, 0.4) is 0 Å². The number of nitrogens with one attached hydrogen (secondary N) is 3. The van der Waals surface area contributed by atoms with E-state index < -0.39 is 39.8 Å². The first-order chi connectivity index (χ1) is 21.4. The Bertz CT molecular complexity index is 1680. The zero-order valence-electron chi connectivity index (χ0n) is 24.4. The molecular weight excluding hydrogens is 607 g/mol. The molecule has 0 fully saturated rings. The Balaban J connectivity index is 1.44. The third-order valence-corrected chi connectivity index (χ3v) is 8.42. The molecule has 2 atom stereocenters. The number of hydrogen-bond donors (Lipinski definition) is 4. The lowest BCUT2D eigenvalue weighted by Gasteiger charge is -2.25. The zero-order valence-corrected chi connectivity index (χ0v) is 25.2. The molecule has 0 aliphatic rings. The van der Waals surface area contributed by atoms with Crippen LogP contribution in [0, 0.1) is 0 Å². The number of aliphatic hydroxyl groups is 1. The van der Waals surface area contributed by atoms with Crippen LogP contribution in [0.5, 0.6) is 5.75 Å².